The Kier molecular flexibility index (Phi) is 3.87. The number of pyridine rings is 1. The molecule has 0 aliphatic carbocycles. The molecule has 0 N–H and O–H groups in total. The number of rotatable bonds is 3. The molecule has 3 heterocycles. The molecule has 20 heavy (non-hydrogen) atoms. The third-order valence-corrected chi connectivity index (χ3v) is 3.44. The minimum absolute atomic E-state index is 0.259. The molecule has 0 aromatic carbocycles. The summed E-state index contributed by atoms with van der Waals surface area (Å²) in [7, 11) is 0. The summed E-state index contributed by atoms with van der Waals surface area (Å²) in [6, 6.07) is 3.91. The van der Waals surface area contributed by atoms with Crippen molar-refractivity contribution in [3.8, 4) is 0 Å². The van der Waals surface area contributed by atoms with Crippen molar-refractivity contribution in [1.82, 2.24) is 15.1 Å². The molecule has 2 aromatic rings. The quantitative estimate of drug-likeness (QED) is 0.859. The van der Waals surface area contributed by atoms with Crippen LogP contribution in [-0.2, 0) is 4.74 Å². The Morgan fingerprint density at radius 2 is 2.30 bits per heavy atom. The van der Waals surface area contributed by atoms with Crippen molar-refractivity contribution in [3.63, 3.8) is 0 Å². The molecule has 1 unspecified atom stereocenters. The molecule has 0 radical (unpaired) electrons. The molecular formula is C15H17N3O2. The van der Waals surface area contributed by atoms with E-state index in [-0.39, 0.29) is 5.92 Å². The van der Waals surface area contributed by atoms with Gasteiger partial charge in [-0.1, -0.05) is 11.2 Å². The minimum Gasteiger partial charge on any atom is -0.381 e. The molecule has 0 bridgehead atoms. The van der Waals surface area contributed by atoms with Gasteiger partial charge in [0.2, 0.25) is 0 Å². The van der Waals surface area contributed by atoms with Crippen LogP contribution in [0.4, 0.5) is 0 Å². The molecule has 104 valence electrons. The van der Waals surface area contributed by atoms with Gasteiger partial charge in [0.1, 0.15) is 0 Å². The van der Waals surface area contributed by atoms with Crippen LogP contribution in [0.2, 0.25) is 0 Å². The number of hydrogen-bond acceptors (Lipinski definition) is 5. The molecule has 1 aliphatic rings. The van der Waals surface area contributed by atoms with E-state index < -0.39 is 0 Å². The maximum Gasteiger partial charge on any atom is 0.250 e. The SMILES string of the molecule is Cc1ncccc1/C=C/c1nc(C2CCCOC2)no1. The average molecular weight is 271 g/mol. The first-order valence-electron chi connectivity index (χ1n) is 6.84. The molecule has 1 saturated heterocycles. The Bertz CT molecular complexity index is 601. The van der Waals surface area contributed by atoms with Gasteiger partial charge in [-0.2, -0.15) is 4.98 Å². The first kappa shape index (κ1) is 13.0. The van der Waals surface area contributed by atoms with E-state index in [9.17, 15) is 0 Å². The van der Waals surface area contributed by atoms with Crippen molar-refractivity contribution in [2.24, 2.45) is 0 Å². The molecule has 1 atom stereocenters. The standard InChI is InChI=1S/C15H17N3O2/c1-11-12(4-2-8-16-11)6-7-14-17-15(18-20-14)13-5-3-9-19-10-13/h2,4,6-8,13H,3,5,9-10H2,1H3/b7-6+. The van der Waals surface area contributed by atoms with Gasteiger partial charge in [-0.05, 0) is 37.5 Å². The van der Waals surface area contributed by atoms with Crippen LogP contribution in [0.1, 0.15) is 41.7 Å². The van der Waals surface area contributed by atoms with Crippen molar-refractivity contribution >= 4 is 12.2 Å². The fraction of sp³-hybridized carbons (Fsp3) is 0.400. The van der Waals surface area contributed by atoms with Crippen LogP contribution in [0.15, 0.2) is 22.9 Å². The number of aryl methyl sites for hydroxylation is 1. The minimum atomic E-state index is 0.259. The van der Waals surface area contributed by atoms with Crippen LogP contribution >= 0.6 is 0 Å². The summed E-state index contributed by atoms with van der Waals surface area (Å²) < 4.78 is 10.7. The Hall–Kier alpha value is -2.01. The highest BCUT2D eigenvalue weighted by Crippen LogP contribution is 2.23. The third kappa shape index (κ3) is 2.93. The normalized spacial score (nSPS) is 19.6. The van der Waals surface area contributed by atoms with E-state index >= 15 is 0 Å². The van der Waals surface area contributed by atoms with Crippen LogP contribution in [0.5, 0.6) is 0 Å². The molecule has 1 aliphatic heterocycles. The lowest BCUT2D eigenvalue weighted by molar-refractivity contribution is 0.0773. The summed E-state index contributed by atoms with van der Waals surface area (Å²) in [4.78, 5) is 8.65. The third-order valence-electron chi connectivity index (χ3n) is 3.44. The molecule has 5 nitrogen and oxygen atoms in total. The summed E-state index contributed by atoms with van der Waals surface area (Å²) in [5, 5.41) is 4.04. The Morgan fingerprint density at radius 3 is 3.10 bits per heavy atom. The average Bonchev–Trinajstić information content (AvgIpc) is 2.96. The maximum atomic E-state index is 5.44. The highest BCUT2D eigenvalue weighted by Gasteiger charge is 2.20. The van der Waals surface area contributed by atoms with Gasteiger partial charge < -0.3 is 9.26 Å². The summed E-state index contributed by atoms with van der Waals surface area (Å²) in [6.07, 6.45) is 7.66. The second-order valence-corrected chi connectivity index (χ2v) is 4.92. The van der Waals surface area contributed by atoms with Crippen LogP contribution in [0, 0.1) is 6.92 Å². The maximum absolute atomic E-state index is 5.44. The Labute approximate surface area is 117 Å². The largest absolute Gasteiger partial charge is 0.381 e. The fourth-order valence-electron chi connectivity index (χ4n) is 2.26. The molecule has 0 amide bonds. The van der Waals surface area contributed by atoms with Crippen molar-refractivity contribution in [2.75, 3.05) is 13.2 Å². The zero-order valence-corrected chi connectivity index (χ0v) is 11.5. The fourth-order valence-corrected chi connectivity index (χ4v) is 2.26. The topological polar surface area (TPSA) is 61.0 Å². The first-order valence-corrected chi connectivity index (χ1v) is 6.84. The number of aromatic nitrogens is 3. The molecule has 2 aromatic heterocycles. The van der Waals surface area contributed by atoms with Gasteiger partial charge in [0.05, 0.1) is 6.61 Å². The smallest absolute Gasteiger partial charge is 0.250 e. The number of ether oxygens (including phenoxy) is 1. The van der Waals surface area contributed by atoms with E-state index in [4.69, 9.17) is 9.26 Å². The molecular weight excluding hydrogens is 254 g/mol. The number of nitrogens with zero attached hydrogens (tertiary/aromatic N) is 3. The van der Waals surface area contributed by atoms with E-state index in [0.29, 0.717) is 12.5 Å². The highest BCUT2D eigenvalue weighted by atomic mass is 16.5. The summed E-state index contributed by atoms with van der Waals surface area (Å²) in [5.74, 6) is 1.52. The lowest BCUT2D eigenvalue weighted by Crippen LogP contribution is -2.16. The van der Waals surface area contributed by atoms with Gasteiger partial charge in [-0.15, -0.1) is 0 Å². The lowest BCUT2D eigenvalue weighted by atomic mass is 10.0. The van der Waals surface area contributed by atoms with E-state index in [2.05, 4.69) is 15.1 Å². The van der Waals surface area contributed by atoms with Crippen molar-refractivity contribution in [2.45, 2.75) is 25.7 Å². The Morgan fingerprint density at radius 1 is 1.35 bits per heavy atom. The van der Waals surface area contributed by atoms with Crippen molar-refractivity contribution in [1.29, 1.82) is 0 Å². The predicted octanol–water partition coefficient (Wildman–Crippen LogP) is 2.84. The summed E-state index contributed by atoms with van der Waals surface area (Å²) >= 11 is 0. The Balaban J connectivity index is 1.72. The zero-order chi connectivity index (χ0) is 13.8. The molecule has 3 rings (SSSR count). The van der Waals surface area contributed by atoms with Crippen molar-refractivity contribution < 1.29 is 9.26 Å². The molecule has 0 saturated carbocycles. The van der Waals surface area contributed by atoms with Gasteiger partial charge >= 0.3 is 0 Å². The van der Waals surface area contributed by atoms with Gasteiger partial charge in [0.15, 0.2) is 5.82 Å². The van der Waals surface area contributed by atoms with E-state index in [0.717, 1.165) is 36.5 Å². The molecule has 5 heteroatoms. The van der Waals surface area contributed by atoms with Crippen LogP contribution in [0.3, 0.4) is 0 Å². The zero-order valence-electron chi connectivity index (χ0n) is 11.5. The lowest BCUT2D eigenvalue weighted by Gasteiger charge is -2.18. The van der Waals surface area contributed by atoms with Crippen LogP contribution in [0.25, 0.3) is 12.2 Å². The van der Waals surface area contributed by atoms with E-state index in [1.807, 2.05) is 31.2 Å². The van der Waals surface area contributed by atoms with Gasteiger partial charge in [0.25, 0.3) is 5.89 Å². The van der Waals surface area contributed by atoms with Crippen LogP contribution < -0.4 is 0 Å². The second kappa shape index (κ2) is 5.96. The van der Waals surface area contributed by atoms with Gasteiger partial charge in [-0.3, -0.25) is 4.98 Å². The molecule has 0 spiro atoms. The monoisotopic (exact) mass is 271 g/mol. The summed E-state index contributed by atoms with van der Waals surface area (Å²) in [5.41, 5.74) is 2.03. The van der Waals surface area contributed by atoms with Crippen molar-refractivity contribution in [3.05, 3.63) is 41.3 Å². The van der Waals surface area contributed by atoms with E-state index in [1.54, 1.807) is 6.20 Å². The van der Waals surface area contributed by atoms with Crippen LogP contribution in [-0.4, -0.2) is 28.3 Å². The predicted molar refractivity (Wildman–Crippen MR) is 75.0 cm³/mol. The summed E-state index contributed by atoms with van der Waals surface area (Å²) in [6.45, 7) is 3.49. The first-order chi connectivity index (χ1) is 9.83. The van der Waals surface area contributed by atoms with Gasteiger partial charge in [-0.25, -0.2) is 0 Å². The highest BCUT2D eigenvalue weighted by molar-refractivity contribution is 5.66. The number of hydrogen-bond donors (Lipinski definition) is 0. The van der Waals surface area contributed by atoms with Gasteiger partial charge in [0, 0.05) is 30.5 Å². The molecule has 1 fully saturated rings. The van der Waals surface area contributed by atoms with E-state index in [1.165, 1.54) is 0 Å². The second-order valence-electron chi connectivity index (χ2n) is 4.92.